The van der Waals surface area contributed by atoms with Crippen molar-refractivity contribution in [2.75, 3.05) is 19.6 Å². The molecule has 140 valence electrons. The number of amides is 1. The number of piperidine rings is 1. The molecule has 3 rings (SSSR count). The van der Waals surface area contributed by atoms with Gasteiger partial charge < -0.3 is 5.32 Å². The first-order valence-electron chi connectivity index (χ1n) is 8.84. The van der Waals surface area contributed by atoms with Crippen molar-refractivity contribution < 1.29 is 13.2 Å². The predicted octanol–water partition coefficient (Wildman–Crippen LogP) is 2.82. The van der Waals surface area contributed by atoms with Crippen LogP contribution in [0.5, 0.6) is 0 Å². The van der Waals surface area contributed by atoms with Gasteiger partial charge in [-0.25, -0.2) is 8.42 Å². The van der Waals surface area contributed by atoms with E-state index in [0.717, 1.165) is 6.42 Å². The zero-order chi connectivity index (χ0) is 18.6. The van der Waals surface area contributed by atoms with Gasteiger partial charge in [-0.2, -0.15) is 4.31 Å². The predicted molar refractivity (Wildman–Crippen MR) is 104 cm³/mol. The number of nitrogens with zero attached hydrogens (tertiary/aromatic N) is 1. The number of hydrogen-bond acceptors (Lipinski definition) is 4. The van der Waals surface area contributed by atoms with Gasteiger partial charge in [0.05, 0.1) is 0 Å². The van der Waals surface area contributed by atoms with Gasteiger partial charge in [-0.1, -0.05) is 35.9 Å². The van der Waals surface area contributed by atoms with Crippen LogP contribution in [-0.4, -0.2) is 38.3 Å². The molecule has 1 aromatic heterocycles. The van der Waals surface area contributed by atoms with E-state index in [1.54, 1.807) is 17.5 Å². The van der Waals surface area contributed by atoms with Gasteiger partial charge in [-0.05, 0) is 43.2 Å². The molecule has 1 aromatic carbocycles. The van der Waals surface area contributed by atoms with Crippen molar-refractivity contribution in [3.05, 3.63) is 52.9 Å². The van der Waals surface area contributed by atoms with Crippen LogP contribution in [-0.2, 0) is 21.2 Å². The van der Waals surface area contributed by atoms with Crippen molar-refractivity contribution in [2.24, 2.45) is 5.92 Å². The van der Waals surface area contributed by atoms with Crippen molar-refractivity contribution in [1.82, 2.24) is 9.62 Å². The number of nitrogens with one attached hydrogen (secondary N) is 1. The standard InChI is InChI=1S/C19H24N2O3S2/c1-15-4-2-5-16(14-15)7-10-20-19(22)17-8-11-21(12-9-17)26(23,24)18-6-3-13-25-18/h2-6,13-14,17H,7-12H2,1H3,(H,20,22). The number of carbonyl (C=O) groups excluding carboxylic acids is 1. The minimum absolute atomic E-state index is 0.0332. The Balaban J connectivity index is 1.46. The zero-order valence-corrected chi connectivity index (χ0v) is 16.5. The molecular weight excluding hydrogens is 368 g/mol. The molecule has 1 N–H and O–H groups in total. The van der Waals surface area contributed by atoms with Crippen molar-refractivity contribution >= 4 is 27.3 Å². The monoisotopic (exact) mass is 392 g/mol. The molecule has 0 unspecified atom stereocenters. The molecule has 2 aromatic rings. The van der Waals surface area contributed by atoms with Gasteiger partial charge in [-0.15, -0.1) is 11.3 Å². The highest BCUT2D eigenvalue weighted by atomic mass is 32.2. The summed E-state index contributed by atoms with van der Waals surface area (Å²) in [5.74, 6) is -0.0758. The highest BCUT2D eigenvalue weighted by Gasteiger charge is 2.32. The van der Waals surface area contributed by atoms with E-state index in [4.69, 9.17) is 0 Å². The minimum Gasteiger partial charge on any atom is -0.356 e. The van der Waals surface area contributed by atoms with E-state index in [-0.39, 0.29) is 11.8 Å². The van der Waals surface area contributed by atoms with Crippen molar-refractivity contribution in [1.29, 1.82) is 0 Å². The highest BCUT2D eigenvalue weighted by Crippen LogP contribution is 2.26. The molecule has 26 heavy (non-hydrogen) atoms. The average molecular weight is 393 g/mol. The summed E-state index contributed by atoms with van der Waals surface area (Å²) < 4.78 is 26.9. The first-order chi connectivity index (χ1) is 12.5. The molecule has 0 saturated carbocycles. The van der Waals surface area contributed by atoms with Crippen LogP contribution in [0.3, 0.4) is 0 Å². The maximum Gasteiger partial charge on any atom is 0.252 e. The summed E-state index contributed by atoms with van der Waals surface area (Å²) in [5, 5.41) is 4.76. The van der Waals surface area contributed by atoms with Crippen LogP contribution in [0.2, 0.25) is 0 Å². The number of sulfonamides is 1. The SMILES string of the molecule is Cc1cccc(CCNC(=O)C2CCN(S(=O)(=O)c3cccs3)CC2)c1. The molecule has 1 saturated heterocycles. The lowest BCUT2D eigenvalue weighted by Crippen LogP contribution is -2.43. The van der Waals surface area contributed by atoms with Gasteiger partial charge in [0.15, 0.2) is 0 Å². The average Bonchev–Trinajstić information content (AvgIpc) is 3.17. The first kappa shape index (κ1) is 19.1. The van der Waals surface area contributed by atoms with Crippen molar-refractivity contribution in [3.63, 3.8) is 0 Å². The molecule has 2 heterocycles. The summed E-state index contributed by atoms with van der Waals surface area (Å²) in [7, 11) is -3.40. The van der Waals surface area contributed by atoms with E-state index in [9.17, 15) is 13.2 Å². The quantitative estimate of drug-likeness (QED) is 0.822. The topological polar surface area (TPSA) is 66.5 Å². The minimum atomic E-state index is -3.40. The number of rotatable bonds is 6. The second kappa shape index (κ2) is 8.33. The summed E-state index contributed by atoms with van der Waals surface area (Å²) >= 11 is 1.23. The second-order valence-electron chi connectivity index (χ2n) is 6.64. The van der Waals surface area contributed by atoms with Crippen LogP contribution in [0.4, 0.5) is 0 Å². The fraction of sp³-hybridized carbons (Fsp3) is 0.421. The summed E-state index contributed by atoms with van der Waals surface area (Å²) in [6, 6.07) is 11.6. The van der Waals surface area contributed by atoms with E-state index in [0.29, 0.717) is 36.7 Å². The van der Waals surface area contributed by atoms with E-state index in [2.05, 4.69) is 30.4 Å². The molecule has 1 aliphatic rings. The molecule has 1 fully saturated rings. The second-order valence-corrected chi connectivity index (χ2v) is 9.75. The van der Waals surface area contributed by atoms with Gasteiger partial charge in [0, 0.05) is 25.6 Å². The number of hydrogen-bond donors (Lipinski definition) is 1. The Kier molecular flexibility index (Phi) is 6.11. The van der Waals surface area contributed by atoms with E-state index >= 15 is 0 Å². The number of benzene rings is 1. The smallest absolute Gasteiger partial charge is 0.252 e. The fourth-order valence-electron chi connectivity index (χ4n) is 3.24. The van der Waals surface area contributed by atoms with Crippen LogP contribution < -0.4 is 5.32 Å². The van der Waals surface area contributed by atoms with Crippen LogP contribution in [0, 0.1) is 12.8 Å². The molecule has 0 atom stereocenters. The summed E-state index contributed by atoms with van der Waals surface area (Å²) in [5.41, 5.74) is 2.43. The molecule has 1 amide bonds. The fourth-order valence-corrected chi connectivity index (χ4v) is 5.85. The van der Waals surface area contributed by atoms with Crippen LogP contribution in [0.25, 0.3) is 0 Å². The van der Waals surface area contributed by atoms with Crippen LogP contribution in [0.15, 0.2) is 46.0 Å². The maximum absolute atomic E-state index is 12.5. The molecular formula is C19H24N2O3S2. The summed E-state index contributed by atoms with van der Waals surface area (Å²) in [6.07, 6.45) is 1.95. The first-order valence-corrected chi connectivity index (χ1v) is 11.2. The Labute approximate surface area is 159 Å². The largest absolute Gasteiger partial charge is 0.356 e. The van der Waals surface area contributed by atoms with Gasteiger partial charge in [-0.3, -0.25) is 4.79 Å². The lowest BCUT2D eigenvalue weighted by atomic mass is 9.97. The Morgan fingerprint density at radius 1 is 1.23 bits per heavy atom. The van der Waals surface area contributed by atoms with Gasteiger partial charge in [0.1, 0.15) is 4.21 Å². The Hall–Kier alpha value is -1.70. The summed E-state index contributed by atoms with van der Waals surface area (Å²) in [6.45, 7) is 3.46. The molecule has 5 nitrogen and oxygen atoms in total. The number of thiophene rings is 1. The van der Waals surface area contributed by atoms with Crippen LogP contribution in [0.1, 0.15) is 24.0 Å². The Morgan fingerprint density at radius 2 is 2.00 bits per heavy atom. The third-order valence-electron chi connectivity index (χ3n) is 4.71. The van der Waals surface area contributed by atoms with Gasteiger partial charge >= 0.3 is 0 Å². The molecule has 0 bridgehead atoms. The molecule has 1 aliphatic heterocycles. The maximum atomic E-state index is 12.5. The van der Waals surface area contributed by atoms with Crippen molar-refractivity contribution in [2.45, 2.75) is 30.4 Å². The molecule has 0 aliphatic carbocycles. The van der Waals surface area contributed by atoms with E-state index in [1.807, 2.05) is 6.07 Å². The Morgan fingerprint density at radius 3 is 2.65 bits per heavy atom. The van der Waals surface area contributed by atoms with E-state index in [1.165, 1.54) is 26.8 Å². The lowest BCUT2D eigenvalue weighted by Gasteiger charge is -2.30. The third kappa shape index (κ3) is 4.52. The van der Waals surface area contributed by atoms with Crippen LogP contribution >= 0.6 is 11.3 Å². The highest BCUT2D eigenvalue weighted by molar-refractivity contribution is 7.91. The van der Waals surface area contributed by atoms with Gasteiger partial charge in [0.25, 0.3) is 10.0 Å². The van der Waals surface area contributed by atoms with Crippen molar-refractivity contribution in [3.8, 4) is 0 Å². The number of aryl methyl sites for hydroxylation is 1. The zero-order valence-electron chi connectivity index (χ0n) is 14.8. The number of carbonyl (C=O) groups is 1. The normalized spacial score (nSPS) is 16.5. The summed E-state index contributed by atoms with van der Waals surface area (Å²) in [4.78, 5) is 12.4. The molecule has 0 radical (unpaired) electrons. The van der Waals surface area contributed by atoms with Gasteiger partial charge in [0.2, 0.25) is 5.91 Å². The van der Waals surface area contributed by atoms with E-state index < -0.39 is 10.0 Å². The third-order valence-corrected chi connectivity index (χ3v) is 7.98. The molecule has 0 spiro atoms. The molecule has 7 heteroatoms. The Bertz CT molecular complexity index is 839. The lowest BCUT2D eigenvalue weighted by molar-refractivity contribution is -0.126.